The van der Waals surface area contributed by atoms with Crippen LogP contribution in [0.3, 0.4) is 0 Å². The van der Waals surface area contributed by atoms with Crippen molar-refractivity contribution in [1.29, 1.82) is 5.26 Å². The Morgan fingerprint density at radius 3 is 2.47 bits per heavy atom. The number of rotatable bonds is 4. The molecule has 0 saturated heterocycles. The van der Waals surface area contributed by atoms with Crippen LogP contribution in [0, 0.1) is 11.3 Å². The Bertz CT molecular complexity index is 585. The highest BCUT2D eigenvalue weighted by molar-refractivity contribution is 9.11. The van der Waals surface area contributed by atoms with Crippen LogP contribution in [0.5, 0.6) is 0 Å². The van der Waals surface area contributed by atoms with Crippen molar-refractivity contribution in [3.63, 3.8) is 0 Å². The molecule has 1 atom stereocenters. The number of benzene rings is 1. The highest BCUT2D eigenvalue weighted by atomic mass is 79.9. The zero-order chi connectivity index (χ0) is 13.8. The first-order chi connectivity index (χ1) is 9.15. The molecule has 0 saturated carbocycles. The van der Waals surface area contributed by atoms with Gasteiger partial charge in [-0.3, -0.25) is 0 Å². The molecule has 19 heavy (non-hydrogen) atoms. The van der Waals surface area contributed by atoms with Gasteiger partial charge < -0.3 is 10.6 Å². The molecule has 0 bridgehead atoms. The minimum atomic E-state index is 0.143. The summed E-state index contributed by atoms with van der Waals surface area (Å²) < 4.78 is 1.11. The Morgan fingerprint density at radius 1 is 1.32 bits per heavy atom. The van der Waals surface area contributed by atoms with E-state index in [-0.39, 0.29) is 6.04 Å². The Labute approximate surface area is 125 Å². The summed E-state index contributed by atoms with van der Waals surface area (Å²) in [5.74, 6) is 0. The van der Waals surface area contributed by atoms with Crippen molar-refractivity contribution in [2.75, 3.05) is 18.5 Å². The lowest BCUT2D eigenvalue weighted by atomic mass is 10.1. The Balaban J connectivity index is 2.25. The van der Waals surface area contributed by atoms with Gasteiger partial charge in [-0.25, -0.2) is 0 Å². The van der Waals surface area contributed by atoms with Crippen LogP contribution in [0.1, 0.15) is 16.5 Å². The quantitative estimate of drug-likeness (QED) is 0.929. The van der Waals surface area contributed by atoms with Crippen molar-refractivity contribution in [1.82, 2.24) is 0 Å². The summed E-state index contributed by atoms with van der Waals surface area (Å²) in [6.45, 7) is 0.545. The second kappa shape index (κ2) is 6.20. The molecule has 1 unspecified atom stereocenters. The van der Waals surface area contributed by atoms with Crippen LogP contribution in [0.2, 0.25) is 0 Å². The van der Waals surface area contributed by atoms with Crippen molar-refractivity contribution in [3.05, 3.63) is 50.6 Å². The van der Waals surface area contributed by atoms with Gasteiger partial charge >= 0.3 is 0 Å². The zero-order valence-corrected chi connectivity index (χ0v) is 12.9. The summed E-state index contributed by atoms with van der Waals surface area (Å²) in [6, 6.07) is 13.9. The predicted molar refractivity (Wildman–Crippen MR) is 83.4 cm³/mol. The van der Waals surface area contributed by atoms with E-state index in [1.54, 1.807) is 11.3 Å². The number of thiophene rings is 1. The average molecular weight is 336 g/mol. The summed E-state index contributed by atoms with van der Waals surface area (Å²) in [4.78, 5) is 3.36. The maximum atomic E-state index is 8.82. The van der Waals surface area contributed by atoms with Crippen LogP contribution in [-0.4, -0.2) is 13.6 Å². The van der Waals surface area contributed by atoms with Crippen LogP contribution in [0.25, 0.3) is 0 Å². The second-order valence-corrected chi connectivity index (χ2v) is 6.66. The number of nitrogens with zero attached hydrogens (tertiary/aromatic N) is 2. The number of nitriles is 1. The van der Waals surface area contributed by atoms with E-state index in [0.29, 0.717) is 12.1 Å². The monoisotopic (exact) mass is 335 g/mol. The van der Waals surface area contributed by atoms with Crippen LogP contribution in [0.4, 0.5) is 5.69 Å². The topological polar surface area (TPSA) is 53.0 Å². The van der Waals surface area contributed by atoms with E-state index in [4.69, 9.17) is 11.0 Å². The van der Waals surface area contributed by atoms with Gasteiger partial charge in [0.2, 0.25) is 0 Å². The SMILES string of the molecule is CN(c1ccc(C#N)cc1)C(CN)c1ccc(Br)s1. The molecule has 0 spiro atoms. The van der Waals surface area contributed by atoms with Crippen LogP contribution in [0.15, 0.2) is 40.2 Å². The molecule has 3 nitrogen and oxygen atoms in total. The molecular formula is C14H14BrN3S. The van der Waals surface area contributed by atoms with E-state index in [1.807, 2.05) is 37.4 Å². The van der Waals surface area contributed by atoms with E-state index >= 15 is 0 Å². The van der Waals surface area contributed by atoms with Crippen LogP contribution >= 0.6 is 27.3 Å². The molecule has 0 aliphatic rings. The summed E-state index contributed by atoms with van der Waals surface area (Å²) in [6.07, 6.45) is 0. The average Bonchev–Trinajstić information content (AvgIpc) is 2.86. The van der Waals surface area contributed by atoms with Gasteiger partial charge in [-0.1, -0.05) is 0 Å². The number of halogens is 1. The fourth-order valence-corrected chi connectivity index (χ4v) is 3.50. The van der Waals surface area contributed by atoms with Gasteiger partial charge in [-0.2, -0.15) is 5.26 Å². The summed E-state index contributed by atoms with van der Waals surface area (Å²) in [5.41, 5.74) is 7.63. The molecule has 1 aromatic heterocycles. The number of hydrogen-bond donors (Lipinski definition) is 1. The number of hydrogen-bond acceptors (Lipinski definition) is 4. The normalized spacial score (nSPS) is 11.9. The highest BCUT2D eigenvalue weighted by Gasteiger charge is 2.17. The molecule has 2 aromatic rings. The molecule has 0 amide bonds. The van der Waals surface area contributed by atoms with E-state index < -0.39 is 0 Å². The molecule has 1 aromatic carbocycles. The lowest BCUT2D eigenvalue weighted by Crippen LogP contribution is -2.29. The van der Waals surface area contributed by atoms with Crippen molar-refractivity contribution in [3.8, 4) is 6.07 Å². The fraction of sp³-hybridized carbons (Fsp3) is 0.214. The minimum absolute atomic E-state index is 0.143. The Hall–Kier alpha value is -1.35. The number of anilines is 1. The maximum absolute atomic E-state index is 8.82. The third-order valence-electron chi connectivity index (χ3n) is 3.02. The van der Waals surface area contributed by atoms with Gasteiger partial charge in [0.05, 0.1) is 21.5 Å². The smallest absolute Gasteiger partial charge is 0.0991 e. The molecule has 0 aliphatic heterocycles. The van der Waals surface area contributed by atoms with E-state index in [1.165, 1.54) is 4.88 Å². The third kappa shape index (κ3) is 3.16. The number of nitrogens with two attached hydrogens (primary N) is 1. The van der Waals surface area contributed by atoms with Crippen LogP contribution < -0.4 is 10.6 Å². The van der Waals surface area contributed by atoms with Crippen molar-refractivity contribution in [2.45, 2.75) is 6.04 Å². The summed E-state index contributed by atoms with van der Waals surface area (Å²) in [5, 5.41) is 8.82. The van der Waals surface area contributed by atoms with Crippen molar-refractivity contribution < 1.29 is 0 Å². The van der Waals surface area contributed by atoms with E-state index in [9.17, 15) is 0 Å². The van der Waals surface area contributed by atoms with E-state index in [2.05, 4.69) is 33.0 Å². The van der Waals surface area contributed by atoms with Gasteiger partial charge in [-0.15, -0.1) is 11.3 Å². The molecule has 2 rings (SSSR count). The van der Waals surface area contributed by atoms with E-state index in [0.717, 1.165) is 9.47 Å². The Morgan fingerprint density at radius 2 is 2.00 bits per heavy atom. The number of likely N-dealkylation sites (N-methyl/N-ethyl adjacent to an activating group) is 1. The lowest BCUT2D eigenvalue weighted by Gasteiger charge is -2.28. The third-order valence-corrected chi connectivity index (χ3v) is 4.74. The minimum Gasteiger partial charge on any atom is -0.365 e. The lowest BCUT2D eigenvalue weighted by molar-refractivity contribution is 0.692. The predicted octanol–water partition coefficient (Wildman–Crippen LogP) is 3.52. The molecule has 2 N–H and O–H groups in total. The molecule has 0 aliphatic carbocycles. The van der Waals surface area contributed by atoms with Crippen molar-refractivity contribution >= 4 is 33.0 Å². The molecule has 5 heteroatoms. The first-order valence-corrected chi connectivity index (χ1v) is 7.45. The van der Waals surface area contributed by atoms with Gasteiger partial charge in [-0.05, 0) is 52.3 Å². The summed E-state index contributed by atoms with van der Waals surface area (Å²) >= 11 is 5.17. The first-order valence-electron chi connectivity index (χ1n) is 5.84. The highest BCUT2D eigenvalue weighted by Crippen LogP contribution is 2.32. The Kier molecular flexibility index (Phi) is 4.59. The van der Waals surface area contributed by atoms with Crippen LogP contribution in [-0.2, 0) is 0 Å². The van der Waals surface area contributed by atoms with Gasteiger partial charge in [0, 0.05) is 24.2 Å². The largest absolute Gasteiger partial charge is 0.365 e. The molecule has 98 valence electrons. The molecule has 1 heterocycles. The zero-order valence-electron chi connectivity index (χ0n) is 10.5. The van der Waals surface area contributed by atoms with Gasteiger partial charge in [0.15, 0.2) is 0 Å². The molecule has 0 radical (unpaired) electrons. The van der Waals surface area contributed by atoms with Gasteiger partial charge in [0.25, 0.3) is 0 Å². The summed E-state index contributed by atoms with van der Waals surface area (Å²) in [7, 11) is 2.02. The molecule has 0 fully saturated rings. The maximum Gasteiger partial charge on any atom is 0.0991 e. The molecular weight excluding hydrogens is 322 g/mol. The fourth-order valence-electron chi connectivity index (χ4n) is 1.92. The standard InChI is InChI=1S/C14H14BrN3S/c1-18(11-4-2-10(8-16)3-5-11)12(9-17)13-6-7-14(15)19-13/h2-7,12H,9,17H2,1H3. The van der Waals surface area contributed by atoms with Gasteiger partial charge in [0.1, 0.15) is 0 Å². The van der Waals surface area contributed by atoms with Crippen molar-refractivity contribution in [2.24, 2.45) is 5.73 Å². The first kappa shape index (κ1) is 14.1. The second-order valence-electron chi connectivity index (χ2n) is 4.16.